The zero-order valence-corrected chi connectivity index (χ0v) is 14.8. The predicted molar refractivity (Wildman–Crippen MR) is 98.2 cm³/mol. The maximum Gasteiger partial charge on any atom is 0.253 e. The van der Waals surface area contributed by atoms with Gasteiger partial charge in [0, 0.05) is 36.3 Å². The second-order valence-corrected chi connectivity index (χ2v) is 7.02. The van der Waals surface area contributed by atoms with Gasteiger partial charge in [0.25, 0.3) is 5.91 Å². The van der Waals surface area contributed by atoms with Gasteiger partial charge in [0.05, 0.1) is 18.9 Å². The Morgan fingerprint density at radius 1 is 1.20 bits per heavy atom. The number of anilines is 2. The molecular weight excluding hydrogens is 338 g/mol. The van der Waals surface area contributed by atoms with E-state index in [4.69, 9.17) is 14.5 Å². The Balaban J connectivity index is 1.41. The summed E-state index contributed by atoms with van der Waals surface area (Å²) in [6.07, 6.45) is 1.44. The molecule has 25 heavy (non-hydrogen) atoms. The van der Waals surface area contributed by atoms with Gasteiger partial charge in [-0.25, -0.2) is 4.98 Å². The summed E-state index contributed by atoms with van der Waals surface area (Å²) in [5.74, 6) is -0.0616. The van der Waals surface area contributed by atoms with Crippen molar-refractivity contribution in [3.05, 3.63) is 29.6 Å². The van der Waals surface area contributed by atoms with Gasteiger partial charge in [-0.15, -0.1) is 11.3 Å². The van der Waals surface area contributed by atoms with Gasteiger partial charge in [0.1, 0.15) is 6.10 Å². The molecule has 1 atom stereocenters. The second kappa shape index (κ2) is 7.51. The highest BCUT2D eigenvalue weighted by Gasteiger charge is 2.23. The minimum Gasteiger partial charge on any atom is -0.378 e. The SMILES string of the molecule is O=C(Nc1ccc(-c2csc(N3CCOCC3)n2)cc1)[C@@H]1CCCO1. The molecule has 1 amide bonds. The Hall–Kier alpha value is -1.96. The number of carbonyl (C=O) groups is 1. The average molecular weight is 359 g/mol. The first-order chi connectivity index (χ1) is 12.3. The van der Waals surface area contributed by atoms with Gasteiger partial charge in [0.15, 0.2) is 5.13 Å². The van der Waals surface area contributed by atoms with Crippen molar-refractivity contribution in [2.24, 2.45) is 0 Å². The number of nitrogens with one attached hydrogen (secondary N) is 1. The van der Waals surface area contributed by atoms with Crippen LogP contribution in [0.25, 0.3) is 11.3 Å². The van der Waals surface area contributed by atoms with E-state index in [2.05, 4.69) is 15.6 Å². The van der Waals surface area contributed by atoms with E-state index in [-0.39, 0.29) is 12.0 Å². The van der Waals surface area contributed by atoms with Gasteiger partial charge in [-0.1, -0.05) is 12.1 Å². The fourth-order valence-electron chi connectivity index (χ4n) is 3.03. The van der Waals surface area contributed by atoms with Crippen LogP contribution in [0, 0.1) is 0 Å². The summed E-state index contributed by atoms with van der Waals surface area (Å²) in [5, 5.41) is 6.03. The van der Waals surface area contributed by atoms with E-state index in [9.17, 15) is 4.79 Å². The lowest BCUT2D eigenvalue weighted by atomic mass is 10.1. The molecule has 1 aromatic carbocycles. The van der Waals surface area contributed by atoms with Crippen LogP contribution < -0.4 is 10.2 Å². The van der Waals surface area contributed by atoms with E-state index < -0.39 is 0 Å². The number of hydrogen-bond acceptors (Lipinski definition) is 6. The van der Waals surface area contributed by atoms with Gasteiger partial charge in [0.2, 0.25) is 0 Å². The van der Waals surface area contributed by atoms with E-state index in [1.165, 1.54) is 0 Å². The highest BCUT2D eigenvalue weighted by molar-refractivity contribution is 7.14. The molecule has 6 nitrogen and oxygen atoms in total. The average Bonchev–Trinajstić information content (AvgIpc) is 3.35. The summed E-state index contributed by atoms with van der Waals surface area (Å²) in [7, 11) is 0. The molecular formula is C18H21N3O3S. The Morgan fingerprint density at radius 3 is 2.72 bits per heavy atom. The zero-order valence-electron chi connectivity index (χ0n) is 13.9. The van der Waals surface area contributed by atoms with E-state index in [0.717, 1.165) is 61.2 Å². The number of rotatable bonds is 4. The molecule has 2 aliphatic rings. The molecule has 3 heterocycles. The number of ether oxygens (including phenoxy) is 2. The summed E-state index contributed by atoms with van der Waals surface area (Å²) in [4.78, 5) is 19.1. The largest absolute Gasteiger partial charge is 0.378 e. The molecule has 0 spiro atoms. The van der Waals surface area contributed by atoms with Crippen LogP contribution in [0.3, 0.4) is 0 Å². The van der Waals surface area contributed by atoms with Crippen LogP contribution >= 0.6 is 11.3 Å². The molecule has 0 bridgehead atoms. The Bertz CT molecular complexity index is 719. The van der Waals surface area contributed by atoms with Crippen LogP contribution in [0.5, 0.6) is 0 Å². The van der Waals surface area contributed by atoms with E-state index in [0.29, 0.717) is 6.61 Å². The summed E-state index contributed by atoms with van der Waals surface area (Å²) < 4.78 is 10.8. The fraction of sp³-hybridized carbons (Fsp3) is 0.444. The third-order valence-corrected chi connectivity index (χ3v) is 5.35. The highest BCUT2D eigenvalue weighted by atomic mass is 32.1. The normalized spacial score (nSPS) is 20.6. The number of benzene rings is 1. The molecule has 0 saturated carbocycles. The van der Waals surface area contributed by atoms with Crippen molar-refractivity contribution in [2.45, 2.75) is 18.9 Å². The van der Waals surface area contributed by atoms with Crippen molar-refractivity contribution in [1.29, 1.82) is 0 Å². The van der Waals surface area contributed by atoms with Crippen LogP contribution in [0.2, 0.25) is 0 Å². The first kappa shape index (κ1) is 16.5. The van der Waals surface area contributed by atoms with Crippen LogP contribution in [0.1, 0.15) is 12.8 Å². The molecule has 0 aliphatic carbocycles. The molecule has 1 N–H and O–H groups in total. The fourth-order valence-corrected chi connectivity index (χ4v) is 3.92. The van der Waals surface area contributed by atoms with Gasteiger partial charge in [-0.2, -0.15) is 0 Å². The van der Waals surface area contributed by atoms with Crippen molar-refractivity contribution in [2.75, 3.05) is 43.1 Å². The molecule has 2 aromatic rings. The van der Waals surface area contributed by atoms with Crippen molar-refractivity contribution >= 4 is 28.1 Å². The molecule has 2 fully saturated rings. The predicted octanol–water partition coefficient (Wildman–Crippen LogP) is 2.76. The summed E-state index contributed by atoms with van der Waals surface area (Å²) in [6.45, 7) is 3.97. The molecule has 2 saturated heterocycles. The molecule has 7 heteroatoms. The van der Waals surface area contributed by atoms with E-state index in [1.807, 2.05) is 24.3 Å². The molecule has 132 valence electrons. The maximum absolute atomic E-state index is 12.1. The molecule has 0 radical (unpaired) electrons. The third kappa shape index (κ3) is 3.84. The highest BCUT2D eigenvalue weighted by Crippen LogP contribution is 2.28. The number of thiazole rings is 1. The van der Waals surface area contributed by atoms with Crippen molar-refractivity contribution < 1.29 is 14.3 Å². The summed E-state index contributed by atoms with van der Waals surface area (Å²) >= 11 is 1.66. The summed E-state index contributed by atoms with van der Waals surface area (Å²) in [5.41, 5.74) is 2.79. The van der Waals surface area contributed by atoms with Crippen molar-refractivity contribution in [3.63, 3.8) is 0 Å². The van der Waals surface area contributed by atoms with E-state index in [1.54, 1.807) is 11.3 Å². The number of aromatic nitrogens is 1. The first-order valence-electron chi connectivity index (χ1n) is 8.61. The smallest absolute Gasteiger partial charge is 0.253 e. The van der Waals surface area contributed by atoms with Crippen LogP contribution in [-0.2, 0) is 14.3 Å². The van der Waals surface area contributed by atoms with E-state index >= 15 is 0 Å². The lowest BCUT2D eigenvalue weighted by molar-refractivity contribution is -0.124. The minimum atomic E-state index is -0.311. The maximum atomic E-state index is 12.1. The molecule has 0 unspecified atom stereocenters. The monoisotopic (exact) mass is 359 g/mol. The van der Waals surface area contributed by atoms with Gasteiger partial charge in [-0.05, 0) is 25.0 Å². The standard InChI is InChI=1S/C18H21N3O3S/c22-17(16-2-1-9-24-16)19-14-5-3-13(4-6-14)15-12-25-18(20-15)21-7-10-23-11-8-21/h3-6,12,16H,1-2,7-11H2,(H,19,22)/t16-/m0/s1. The first-order valence-corrected chi connectivity index (χ1v) is 9.49. The molecule has 1 aromatic heterocycles. The van der Waals surface area contributed by atoms with Gasteiger partial charge >= 0.3 is 0 Å². The van der Waals surface area contributed by atoms with Crippen molar-refractivity contribution in [3.8, 4) is 11.3 Å². The number of nitrogens with zero attached hydrogens (tertiary/aromatic N) is 2. The zero-order chi connectivity index (χ0) is 17.1. The van der Waals surface area contributed by atoms with Crippen molar-refractivity contribution in [1.82, 2.24) is 4.98 Å². The molecule has 2 aliphatic heterocycles. The topological polar surface area (TPSA) is 63.7 Å². The lowest BCUT2D eigenvalue weighted by Gasteiger charge is -2.26. The molecule has 4 rings (SSSR count). The second-order valence-electron chi connectivity index (χ2n) is 6.18. The van der Waals surface area contributed by atoms with Crippen LogP contribution in [0.15, 0.2) is 29.6 Å². The Labute approximate surface area is 150 Å². The summed E-state index contributed by atoms with van der Waals surface area (Å²) in [6, 6.07) is 7.80. The number of hydrogen-bond donors (Lipinski definition) is 1. The lowest BCUT2D eigenvalue weighted by Crippen LogP contribution is -2.36. The minimum absolute atomic E-state index is 0.0616. The van der Waals surface area contributed by atoms with Gasteiger partial charge < -0.3 is 19.7 Å². The number of carbonyl (C=O) groups excluding carboxylic acids is 1. The Morgan fingerprint density at radius 2 is 2.00 bits per heavy atom. The van der Waals surface area contributed by atoms with Crippen LogP contribution in [0.4, 0.5) is 10.8 Å². The van der Waals surface area contributed by atoms with Gasteiger partial charge in [-0.3, -0.25) is 4.79 Å². The Kier molecular flexibility index (Phi) is 4.96. The quantitative estimate of drug-likeness (QED) is 0.909. The third-order valence-electron chi connectivity index (χ3n) is 4.44. The number of morpholine rings is 1. The van der Waals surface area contributed by atoms with Crippen LogP contribution in [-0.4, -0.2) is 49.9 Å². The number of amides is 1.